The summed E-state index contributed by atoms with van der Waals surface area (Å²) in [6, 6.07) is 12.0. The summed E-state index contributed by atoms with van der Waals surface area (Å²) in [5, 5.41) is 5.90. The zero-order valence-corrected chi connectivity index (χ0v) is 16.1. The second-order valence-electron chi connectivity index (χ2n) is 6.78. The number of rotatable bonds is 5. The van der Waals surface area contributed by atoms with E-state index in [0.29, 0.717) is 28.8 Å². The van der Waals surface area contributed by atoms with E-state index in [9.17, 15) is 9.59 Å². The van der Waals surface area contributed by atoms with Gasteiger partial charge in [0.25, 0.3) is 5.91 Å². The Morgan fingerprint density at radius 3 is 2.42 bits per heavy atom. The summed E-state index contributed by atoms with van der Waals surface area (Å²) >= 11 is 6.18. The molecule has 0 radical (unpaired) electrons. The number of halogens is 1. The minimum absolute atomic E-state index is 0.145. The van der Waals surface area contributed by atoms with Gasteiger partial charge in [-0.2, -0.15) is 0 Å². The van der Waals surface area contributed by atoms with Gasteiger partial charge >= 0.3 is 0 Å². The van der Waals surface area contributed by atoms with Crippen molar-refractivity contribution >= 4 is 34.8 Å². The molecule has 5 nitrogen and oxygen atoms in total. The number of ether oxygens (including phenoxy) is 1. The van der Waals surface area contributed by atoms with Gasteiger partial charge in [0.05, 0.1) is 22.9 Å². The Bertz CT molecular complexity index is 813. The number of amides is 2. The normalized spacial score (nSPS) is 11.0. The van der Waals surface area contributed by atoms with Crippen molar-refractivity contribution in [3.05, 3.63) is 53.1 Å². The Morgan fingerprint density at radius 2 is 1.77 bits per heavy atom. The van der Waals surface area contributed by atoms with Gasteiger partial charge in [0, 0.05) is 11.1 Å². The maximum absolute atomic E-state index is 12.7. The molecule has 0 aliphatic heterocycles. The summed E-state index contributed by atoms with van der Waals surface area (Å²) in [5.74, 6) is 0.0542. The van der Waals surface area contributed by atoms with E-state index in [2.05, 4.69) is 10.6 Å². The maximum Gasteiger partial charge on any atom is 0.257 e. The van der Waals surface area contributed by atoms with Crippen molar-refractivity contribution in [2.75, 3.05) is 17.2 Å². The molecule has 26 heavy (non-hydrogen) atoms. The molecule has 0 fully saturated rings. The number of carbonyl (C=O) groups excluding carboxylic acids is 2. The van der Waals surface area contributed by atoms with Crippen molar-refractivity contribution in [1.82, 2.24) is 0 Å². The monoisotopic (exact) mass is 374 g/mol. The summed E-state index contributed by atoms with van der Waals surface area (Å²) < 4.78 is 5.51. The molecule has 2 rings (SSSR count). The number of carbonyl (C=O) groups is 2. The van der Waals surface area contributed by atoms with Crippen LogP contribution in [0.3, 0.4) is 0 Å². The number of nitrogens with one attached hydrogen (secondary N) is 2. The number of hydrogen-bond donors (Lipinski definition) is 2. The van der Waals surface area contributed by atoms with Gasteiger partial charge in [-0.3, -0.25) is 9.59 Å². The van der Waals surface area contributed by atoms with Gasteiger partial charge in [0.15, 0.2) is 0 Å². The van der Waals surface area contributed by atoms with Crippen molar-refractivity contribution in [3.63, 3.8) is 0 Å². The molecule has 0 unspecified atom stereocenters. The minimum Gasteiger partial charge on any atom is -0.492 e. The van der Waals surface area contributed by atoms with Crippen molar-refractivity contribution in [2.24, 2.45) is 5.41 Å². The van der Waals surface area contributed by atoms with Gasteiger partial charge < -0.3 is 15.4 Å². The molecule has 138 valence electrons. The fraction of sp³-hybridized carbons (Fsp3) is 0.300. The molecule has 0 aromatic heterocycles. The van der Waals surface area contributed by atoms with E-state index >= 15 is 0 Å². The van der Waals surface area contributed by atoms with Crippen molar-refractivity contribution in [2.45, 2.75) is 27.7 Å². The molecule has 0 bridgehead atoms. The van der Waals surface area contributed by atoms with Gasteiger partial charge in [-0.05, 0) is 37.3 Å². The van der Waals surface area contributed by atoms with Crippen LogP contribution in [0.5, 0.6) is 5.75 Å². The predicted octanol–water partition coefficient (Wildman–Crippen LogP) is 4.98. The molecule has 0 aliphatic rings. The number of anilines is 2. The van der Waals surface area contributed by atoms with Crippen molar-refractivity contribution in [3.8, 4) is 5.75 Å². The lowest BCUT2D eigenvalue weighted by Crippen LogP contribution is -2.27. The molecular formula is C20H23ClN2O3. The molecule has 2 N–H and O–H groups in total. The first kappa shape index (κ1) is 19.8. The quantitative estimate of drug-likeness (QED) is 0.775. The third-order valence-electron chi connectivity index (χ3n) is 3.59. The second kappa shape index (κ2) is 8.23. The first-order chi connectivity index (χ1) is 12.2. The molecule has 0 heterocycles. The summed E-state index contributed by atoms with van der Waals surface area (Å²) in [7, 11) is 0. The van der Waals surface area contributed by atoms with E-state index in [-0.39, 0.29) is 17.4 Å². The first-order valence-corrected chi connectivity index (χ1v) is 8.74. The Kier molecular flexibility index (Phi) is 6.27. The van der Waals surface area contributed by atoms with Crippen molar-refractivity contribution in [1.29, 1.82) is 0 Å². The van der Waals surface area contributed by atoms with Crippen LogP contribution in [0.4, 0.5) is 11.4 Å². The fourth-order valence-electron chi connectivity index (χ4n) is 2.14. The van der Waals surface area contributed by atoms with Crippen LogP contribution in [0, 0.1) is 5.41 Å². The van der Waals surface area contributed by atoms with Crippen LogP contribution in [0.2, 0.25) is 5.02 Å². The molecule has 2 aromatic rings. The largest absolute Gasteiger partial charge is 0.492 e. The van der Waals surface area contributed by atoms with Gasteiger partial charge in [0.1, 0.15) is 5.75 Å². The van der Waals surface area contributed by atoms with Crippen LogP contribution in [0.25, 0.3) is 0 Å². The van der Waals surface area contributed by atoms with Crippen LogP contribution in [-0.2, 0) is 4.79 Å². The zero-order chi connectivity index (χ0) is 19.3. The number of hydrogen-bond acceptors (Lipinski definition) is 3. The SMILES string of the molecule is CCOc1ccccc1NC(=O)c1cc(NC(=O)C(C)(C)C)ccc1Cl. The Hall–Kier alpha value is -2.53. The van der Waals surface area contributed by atoms with E-state index in [0.717, 1.165) is 0 Å². The van der Waals surface area contributed by atoms with E-state index in [1.807, 2.05) is 33.8 Å². The Morgan fingerprint density at radius 1 is 1.08 bits per heavy atom. The van der Waals surface area contributed by atoms with Crippen LogP contribution >= 0.6 is 11.6 Å². The molecular weight excluding hydrogens is 352 g/mol. The van der Waals surface area contributed by atoms with Gasteiger partial charge in [0.2, 0.25) is 5.91 Å². The lowest BCUT2D eigenvalue weighted by Gasteiger charge is -2.18. The number of benzene rings is 2. The summed E-state index contributed by atoms with van der Waals surface area (Å²) in [5.41, 5.74) is 0.792. The molecule has 0 spiro atoms. The highest BCUT2D eigenvalue weighted by molar-refractivity contribution is 6.34. The average Bonchev–Trinajstić information content (AvgIpc) is 2.57. The molecule has 2 amide bonds. The highest BCUT2D eigenvalue weighted by Crippen LogP contribution is 2.27. The summed E-state index contributed by atoms with van der Waals surface area (Å²) in [4.78, 5) is 24.8. The summed E-state index contributed by atoms with van der Waals surface area (Å²) in [6.07, 6.45) is 0. The minimum atomic E-state index is -0.543. The molecule has 2 aromatic carbocycles. The second-order valence-corrected chi connectivity index (χ2v) is 7.19. The van der Waals surface area contributed by atoms with E-state index in [1.165, 1.54) is 0 Å². The van der Waals surface area contributed by atoms with Crippen LogP contribution in [0.15, 0.2) is 42.5 Å². The zero-order valence-electron chi connectivity index (χ0n) is 15.4. The van der Waals surface area contributed by atoms with E-state index in [1.54, 1.807) is 36.4 Å². The van der Waals surface area contributed by atoms with Crippen LogP contribution < -0.4 is 15.4 Å². The van der Waals surface area contributed by atoms with Gasteiger partial charge in [-0.1, -0.05) is 44.5 Å². The Labute approximate surface area is 158 Å². The molecule has 0 aliphatic carbocycles. The van der Waals surface area contributed by atoms with Crippen LogP contribution in [0.1, 0.15) is 38.1 Å². The van der Waals surface area contributed by atoms with E-state index < -0.39 is 5.41 Å². The molecule has 0 atom stereocenters. The molecule has 6 heteroatoms. The molecule has 0 saturated heterocycles. The highest BCUT2D eigenvalue weighted by Gasteiger charge is 2.22. The van der Waals surface area contributed by atoms with Crippen LogP contribution in [-0.4, -0.2) is 18.4 Å². The predicted molar refractivity (Wildman–Crippen MR) is 105 cm³/mol. The lowest BCUT2D eigenvalue weighted by molar-refractivity contribution is -0.123. The molecule has 0 saturated carbocycles. The smallest absolute Gasteiger partial charge is 0.257 e. The first-order valence-electron chi connectivity index (χ1n) is 8.36. The van der Waals surface area contributed by atoms with Crippen molar-refractivity contribution < 1.29 is 14.3 Å². The van der Waals surface area contributed by atoms with Gasteiger partial charge in [-0.25, -0.2) is 0 Å². The standard InChI is InChI=1S/C20H23ClN2O3/c1-5-26-17-9-7-6-8-16(17)23-18(24)14-12-13(10-11-15(14)21)22-19(25)20(2,3)4/h6-12H,5H2,1-4H3,(H,22,25)(H,23,24). The topological polar surface area (TPSA) is 67.4 Å². The third-order valence-corrected chi connectivity index (χ3v) is 3.91. The average molecular weight is 375 g/mol. The van der Waals surface area contributed by atoms with E-state index in [4.69, 9.17) is 16.3 Å². The fourth-order valence-corrected chi connectivity index (χ4v) is 2.34. The van der Waals surface area contributed by atoms with Gasteiger partial charge in [-0.15, -0.1) is 0 Å². The third kappa shape index (κ3) is 4.99. The Balaban J connectivity index is 2.24. The maximum atomic E-state index is 12.7. The lowest BCUT2D eigenvalue weighted by atomic mass is 9.95. The summed E-state index contributed by atoms with van der Waals surface area (Å²) in [6.45, 7) is 7.81. The highest BCUT2D eigenvalue weighted by atomic mass is 35.5. The number of para-hydroxylation sites is 2.